The quantitative estimate of drug-likeness (QED) is 0.607. The molecule has 0 spiro atoms. The number of ether oxygens (including phenoxy) is 1. The zero-order valence-electron chi connectivity index (χ0n) is 13.0. The number of benzene rings is 1. The van der Waals surface area contributed by atoms with E-state index in [0.29, 0.717) is 8.95 Å². The minimum atomic E-state index is -4.01. The molecule has 1 aromatic carbocycles. The van der Waals surface area contributed by atoms with Gasteiger partial charge in [0, 0.05) is 8.95 Å². The van der Waals surface area contributed by atoms with E-state index in [1.807, 2.05) is 0 Å². The average molecular weight is 520 g/mol. The summed E-state index contributed by atoms with van der Waals surface area (Å²) in [6.45, 7) is 1.72. The van der Waals surface area contributed by atoms with E-state index in [-0.39, 0.29) is 17.3 Å². The van der Waals surface area contributed by atoms with E-state index >= 15 is 0 Å². The van der Waals surface area contributed by atoms with Crippen molar-refractivity contribution in [3.63, 3.8) is 0 Å². The minimum absolute atomic E-state index is 0.0407. The molecule has 2 N–H and O–H groups in total. The lowest BCUT2D eigenvalue weighted by Crippen LogP contribution is -2.51. The lowest BCUT2D eigenvalue weighted by Gasteiger charge is -2.20. The number of carbonyl (C=O) groups excluding carboxylic acids is 1. The molecule has 1 fully saturated rings. The van der Waals surface area contributed by atoms with Crippen molar-refractivity contribution < 1.29 is 26.4 Å². The predicted octanol–water partition coefficient (Wildman–Crippen LogP) is 1.40. The van der Waals surface area contributed by atoms with Crippen LogP contribution in [0.15, 0.2) is 32.0 Å². The monoisotopic (exact) mass is 518 g/mol. The van der Waals surface area contributed by atoms with Gasteiger partial charge in [0.2, 0.25) is 10.0 Å². The van der Waals surface area contributed by atoms with Crippen LogP contribution in [0.1, 0.15) is 6.92 Å². The maximum atomic E-state index is 12.6. The van der Waals surface area contributed by atoms with Crippen molar-refractivity contribution in [1.82, 2.24) is 10.0 Å². The van der Waals surface area contributed by atoms with Gasteiger partial charge < -0.3 is 10.1 Å². The van der Waals surface area contributed by atoms with Gasteiger partial charge in [0.1, 0.15) is 0 Å². The van der Waals surface area contributed by atoms with Gasteiger partial charge in [-0.25, -0.2) is 26.4 Å². The van der Waals surface area contributed by atoms with E-state index in [9.17, 15) is 21.6 Å². The number of hydrogen-bond acceptors (Lipinski definition) is 6. The molecule has 0 aromatic heterocycles. The summed E-state index contributed by atoms with van der Waals surface area (Å²) in [5.74, 6) is -0.770. The molecule has 1 saturated heterocycles. The highest BCUT2D eigenvalue weighted by Gasteiger charge is 2.41. The third-order valence-corrected chi connectivity index (χ3v) is 8.13. The van der Waals surface area contributed by atoms with E-state index in [0.717, 1.165) is 0 Å². The standard InChI is InChI=1S/C13H16Br2N2O6S2/c1-2-23-13(18)16-10-6-24(19,20)7-11(10)17-25(21,22)12-5-8(14)3-4-9(12)15/h3-5,10-11,17H,2,6-7H2,1H3,(H,16,18)/t10-,11+/m0/s1. The van der Waals surface area contributed by atoms with Gasteiger partial charge in [-0.15, -0.1) is 0 Å². The lowest BCUT2D eigenvalue weighted by molar-refractivity contribution is 0.148. The molecule has 12 heteroatoms. The minimum Gasteiger partial charge on any atom is -0.450 e. The number of halogens is 2. The second kappa shape index (κ2) is 7.91. The summed E-state index contributed by atoms with van der Waals surface area (Å²) < 4.78 is 57.0. The Hall–Kier alpha value is -0.690. The molecule has 2 atom stereocenters. The first-order valence-corrected chi connectivity index (χ1v) is 12.0. The van der Waals surface area contributed by atoms with E-state index in [1.54, 1.807) is 19.1 Å². The van der Waals surface area contributed by atoms with Crippen LogP contribution in [0.25, 0.3) is 0 Å². The van der Waals surface area contributed by atoms with Crippen LogP contribution in [0, 0.1) is 0 Å². The zero-order valence-corrected chi connectivity index (χ0v) is 17.8. The van der Waals surface area contributed by atoms with Crippen molar-refractivity contribution in [2.24, 2.45) is 0 Å². The van der Waals surface area contributed by atoms with Crippen molar-refractivity contribution in [2.45, 2.75) is 23.9 Å². The molecule has 1 heterocycles. The molecule has 25 heavy (non-hydrogen) atoms. The topological polar surface area (TPSA) is 119 Å². The highest BCUT2D eigenvalue weighted by molar-refractivity contribution is 9.11. The fraction of sp³-hybridized carbons (Fsp3) is 0.462. The maximum Gasteiger partial charge on any atom is 0.407 e. The number of amides is 1. The van der Waals surface area contributed by atoms with Gasteiger partial charge in [-0.1, -0.05) is 15.9 Å². The highest BCUT2D eigenvalue weighted by Crippen LogP contribution is 2.26. The maximum absolute atomic E-state index is 12.6. The van der Waals surface area contributed by atoms with Crippen molar-refractivity contribution in [3.8, 4) is 0 Å². The Kier molecular flexibility index (Phi) is 6.52. The second-order valence-electron chi connectivity index (χ2n) is 5.35. The number of carbonyl (C=O) groups is 1. The second-order valence-corrected chi connectivity index (χ2v) is 11.0. The van der Waals surface area contributed by atoms with Crippen LogP contribution in [-0.4, -0.2) is 53.1 Å². The molecule has 8 nitrogen and oxygen atoms in total. The molecule has 0 bridgehead atoms. The number of sulfone groups is 1. The van der Waals surface area contributed by atoms with Gasteiger partial charge in [0.15, 0.2) is 9.84 Å². The van der Waals surface area contributed by atoms with Crippen LogP contribution < -0.4 is 10.0 Å². The molecule has 1 aliphatic heterocycles. The number of rotatable bonds is 5. The molecule has 1 aliphatic rings. The van der Waals surface area contributed by atoms with Crippen LogP contribution in [-0.2, 0) is 24.6 Å². The summed E-state index contributed by atoms with van der Waals surface area (Å²) >= 11 is 6.36. The van der Waals surface area contributed by atoms with Gasteiger partial charge in [-0.2, -0.15) is 0 Å². The van der Waals surface area contributed by atoms with E-state index in [4.69, 9.17) is 4.74 Å². The summed E-state index contributed by atoms with van der Waals surface area (Å²) in [5.41, 5.74) is 0. The van der Waals surface area contributed by atoms with E-state index < -0.39 is 43.8 Å². The summed E-state index contributed by atoms with van der Waals surface area (Å²) in [7, 11) is -7.51. The Morgan fingerprint density at radius 3 is 2.56 bits per heavy atom. The predicted molar refractivity (Wildman–Crippen MR) is 98.6 cm³/mol. The molecule has 140 valence electrons. The van der Waals surface area contributed by atoms with Crippen molar-refractivity contribution in [1.29, 1.82) is 0 Å². The molecule has 0 radical (unpaired) electrons. The molecular weight excluding hydrogens is 504 g/mol. The summed E-state index contributed by atoms with van der Waals surface area (Å²) in [6.07, 6.45) is -0.794. The first kappa shape index (κ1) is 20.6. The summed E-state index contributed by atoms with van der Waals surface area (Å²) in [5, 5.41) is 2.40. The molecule has 2 rings (SSSR count). The van der Waals surface area contributed by atoms with Crippen LogP contribution in [0.2, 0.25) is 0 Å². The third kappa shape index (κ3) is 5.39. The number of nitrogens with one attached hydrogen (secondary N) is 2. The van der Waals surface area contributed by atoms with Crippen LogP contribution in [0.3, 0.4) is 0 Å². The number of sulfonamides is 1. The summed E-state index contributed by atoms with van der Waals surface area (Å²) in [4.78, 5) is 11.5. The van der Waals surface area contributed by atoms with Gasteiger partial charge in [-0.3, -0.25) is 0 Å². The van der Waals surface area contributed by atoms with Crippen LogP contribution in [0.5, 0.6) is 0 Å². The molecular formula is C13H16Br2N2O6S2. The molecule has 0 saturated carbocycles. The molecule has 0 unspecified atom stereocenters. The van der Waals surface area contributed by atoms with E-state index in [2.05, 4.69) is 41.9 Å². The first-order chi connectivity index (χ1) is 11.5. The fourth-order valence-corrected chi connectivity index (χ4v) is 7.12. The largest absolute Gasteiger partial charge is 0.450 e. The highest BCUT2D eigenvalue weighted by atomic mass is 79.9. The van der Waals surface area contributed by atoms with Crippen molar-refractivity contribution >= 4 is 57.8 Å². The Bertz CT molecular complexity index is 873. The van der Waals surface area contributed by atoms with Gasteiger partial charge >= 0.3 is 6.09 Å². The smallest absolute Gasteiger partial charge is 0.407 e. The van der Waals surface area contributed by atoms with E-state index in [1.165, 1.54) is 6.07 Å². The SMILES string of the molecule is CCOC(=O)N[C@H]1CS(=O)(=O)C[C@H]1NS(=O)(=O)c1cc(Br)ccc1Br. The zero-order chi connectivity index (χ0) is 18.8. The average Bonchev–Trinajstić information content (AvgIpc) is 2.74. The Balaban J connectivity index is 2.26. The first-order valence-electron chi connectivity index (χ1n) is 7.15. The Morgan fingerprint density at radius 1 is 1.28 bits per heavy atom. The number of alkyl carbamates (subject to hydrolysis) is 1. The Morgan fingerprint density at radius 2 is 1.92 bits per heavy atom. The van der Waals surface area contributed by atoms with Crippen molar-refractivity contribution in [2.75, 3.05) is 18.1 Å². The third-order valence-electron chi connectivity index (χ3n) is 3.42. The summed E-state index contributed by atoms with van der Waals surface area (Å²) in [6, 6.07) is 2.70. The molecule has 1 amide bonds. The van der Waals surface area contributed by atoms with Crippen LogP contribution in [0.4, 0.5) is 4.79 Å². The number of hydrogen-bond donors (Lipinski definition) is 2. The van der Waals surface area contributed by atoms with Gasteiger partial charge in [0.05, 0.1) is 35.1 Å². The molecule has 1 aromatic rings. The fourth-order valence-electron chi connectivity index (χ4n) is 2.38. The molecule has 0 aliphatic carbocycles. The Labute approximate surface area is 162 Å². The normalized spacial score (nSPS) is 22.5. The van der Waals surface area contributed by atoms with Gasteiger partial charge in [-0.05, 0) is 41.1 Å². The van der Waals surface area contributed by atoms with Crippen molar-refractivity contribution in [3.05, 3.63) is 27.1 Å². The van der Waals surface area contributed by atoms with Crippen LogP contribution >= 0.6 is 31.9 Å². The lowest BCUT2D eigenvalue weighted by atomic mass is 10.2. The van der Waals surface area contributed by atoms with Gasteiger partial charge in [0.25, 0.3) is 0 Å².